The first-order valence-corrected chi connectivity index (χ1v) is 6.48. The minimum atomic E-state index is 0.0103. The Labute approximate surface area is 113 Å². The van der Waals surface area contributed by atoms with Crippen molar-refractivity contribution in [3.05, 3.63) is 53.9 Å². The molecule has 2 aromatic rings. The van der Waals surface area contributed by atoms with Crippen molar-refractivity contribution in [2.75, 3.05) is 18.5 Å². The summed E-state index contributed by atoms with van der Waals surface area (Å²) in [5.74, 6) is 0.631. The number of nitrogens with zero attached hydrogens (tertiary/aromatic N) is 2. The maximum Gasteiger partial charge on any atom is 0.222 e. The highest BCUT2D eigenvalue weighted by molar-refractivity contribution is 5.26. The summed E-state index contributed by atoms with van der Waals surface area (Å²) in [7, 11) is 0. The first-order chi connectivity index (χ1) is 9.29. The molecule has 0 aliphatic carbocycles. The van der Waals surface area contributed by atoms with Crippen molar-refractivity contribution in [3.63, 3.8) is 0 Å². The second kappa shape index (κ2) is 6.85. The van der Waals surface area contributed by atoms with Crippen LogP contribution in [0.15, 0.2) is 42.7 Å². The van der Waals surface area contributed by atoms with E-state index in [2.05, 4.69) is 27.4 Å². The predicted molar refractivity (Wildman–Crippen MR) is 76.1 cm³/mol. The molecule has 0 amide bonds. The second-order valence-corrected chi connectivity index (χ2v) is 4.32. The molecule has 0 saturated heterocycles. The average molecular weight is 257 g/mol. The third-order valence-electron chi connectivity index (χ3n) is 2.77. The molecule has 19 heavy (non-hydrogen) atoms. The van der Waals surface area contributed by atoms with Crippen LogP contribution in [-0.2, 0) is 4.74 Å². The molecule has 0 saturated carbocycles. The van der Waals surface area contributed by atoms with Crippen molar-refractivity contribution >= 4 is 5.95 Å². The van der Waals surface area contributed by atoms with E-state index in [-0.39, 0.29) is 6.10 Å². The zero-order chi connectivity index (χ0) is 13.5. The summed E-state index contributed by atoms with van der Waals surface area (Å²) in [6.07, 6.45) is 3.61. The number of rotatable bonds is 6. The molecule has 0 fully saturated rings. The maximum absolute atomic E-state index is 5.76. The van der Waals surface area contributed by atoms with Gasteiger partial charge in [-0.05, 0) is 25.0 Å². The van der Waals surface area contributed by atoms with Crippen LogP contribution < -0.4 is 5.32 Å². The molecule has 1 heterocycles. The van der Waals surface area contributed by atoms with Crippen LogP contribution >= 0.6 is 0 Å². The molecule has 1 unspecified atom stereocenters. The lowest BCUT2D eigenvalue weighted by molar-refractivity contribution is 0.0718. The van der Waals surface area contributed by atoms with E-state index in [1.807, 2.05) is 32.0 Å². The number of hydrogen-bond donors (Lipinski definition) is 1. The number of benzene rings is 1. The molecule has 0 spiro atoms. The van der Waals surface area contributed by atoms with Gasteiger partial charge in [0.1, 0.15) is 0 Å². The van der Waals surface area contributed by atoms with Gasteiger partial charge >= 0.3 is 0 Å². The smallest absolute Gasteiger partial charge is 0.222 e. The van der Waals surface area contributed by atoms with Gasteiger partial charge in [-0.1, -0.05) is 30.3 Å². The van der Waals surface area contributed by atoms with Gasteiger partial charge in [0.15, 0.2) is 0 Å². The van der Waals surface area contributed by atoms with Gasteiger partial charge in [0, 0.05) is 25.5 Å². The number of aromatic nitrogens is 2. The van der Waals surface area contributed by atoms with Crippen LogP contribution in [0.3, 0.4) is 0 Å². The zero-order valence-corrected chi connectivity index (χ0v) is 11.3. The fourth-order valence-electron chi connectivity index (χ4n) is 1.81. The molecular formula is C15H19N3O. The minimum Gasteiger partial charge on any atom is -0.372 e. The summed E-state index contributed by atoms with van der Waals surface area (Å²) in [4.78, 5) is 8.45. The Balaban J connectivity index is 1.99. The molecule has 0 radical (unpaired) electrons. The summed E-state index contributed by atoms with van der Waals surface area (Å²) in [6, 6.07) is 10.2. The summed E-state index contributed by atoms with van der Waals surface area (Å²) in [5, 5.41) is 3.21. The average Bonchev–Trinajstić information content (AvgIpc) is 2.46. The van der Waals surface area contributed by atoms with Crippen molar-refractivity contribution in [1.29, 1.82) is 0 Å². The van der Waals surface area contributed by atoms with Crippen LogP contribution in [0, 0.1) is 6.92 Å². The van der Waals surface area contributed by atoms with E-state index >= 15 is 0 Å². The minimum absolute atomic E-state index is 0.0103. The molecular weight excluding hydrogens is 238 g/mol. The molecule has 1 aromatic heterocycles. The standard InChI is InChI=1S/C15H19N3O/c1-3-19-14(13-7-5-4-6-8-13)11-18-15-16-9-12(2)10-17-15/h4-10,14H,3,11H2,1-2H3,(H,16,17,18). The van der Waals surface area contributed by atoms with E-state index in [0.29, 0.717) is 19.1 Å². The van der Waals surface area contributed by atoms with Gasteiger partial charge in [0.2, 0.25) is 5.95 Å². The number of aryl methyl sites for hydroxylation is 1. The first kappa shape index (κ1) is 13.5. The van der Waals surface area contributed by atoms with E-state index < -0.39 is 0 Å². The van der Waals surface area contributed by atoms with Crippen molar-refractivity contribution in [2.24, 2.45) is 0 Å². The van der Waals surface area contributed by atoms with Gasteiger partial charge in [-0.15, -0.1) is 0 Å². The van der Waals surface area contributed by atoms with Crippen LogP contribution in [0.4, 0.5) is 5.95 Å². The third-order valence-corrected chi connectivity index (χ3v) is 2.77. The van der Waals surface area contributed by atoms with Crippen molar-refractivity contribution in [2.45, 2.75) is 20.0 Å². The third kappa shape index (κ3) is 4.03. The second-order valence-electron chi connectivity index (χ2n) is 4.32. The predicted octanol–water partition coefficient (Wildman–Crippen LogP) is 2.97. The van der Waals surface area contributed by atoms with Crippen LogP contribution in [0.5, 0.6) is 0 Å². The van der Waals surface area contributed by atoms with E-state index in [1.165, 1.54) is 0 Å². The highest BCUT2D eigenvalue weighted by Crippen LogP contribution is 2.17. The summed E-state index contributed by atoms with van der Waals surface area (Å²) in [5.41, 5.74) is 2.21. The molecule has 2 rings (SSSR count). The molecule has 1 N–H and O–H groups in total. The van der Waals surface area contributed by atoms with Crippen molar-refractivity contribution < 1.29 is 4.74 Å². The molecule has 100 valence electrons. The molecule has 4 heteroatoms. The monoisotopic (exact) mass is 257 g/mol. The summed E-state index contributed by atoms with van der Waals surface area (Å²) < 4.78 is 5.76. The van der Waals surface area contributed by atoms with Crippen LogP contribution in [0.2, 0.25) is 0 Å². The number of hydrogen-bond acceptors (Lipinski definition) is 4. The Kier molecular flexibility index (Phi) is 4.86. The fourth-order valence-corrected chi connectivity index (χ4v) is 1.81. The quantitative estimate of drug-likeness (QED) is 0.864. The Morgan fingerprint density at radius 3 is 2.47 bits per heavy atom. The molecule has 4 nitrogen and oxygen atoms in total. The van der Waals surface area contributed by atoms with Gasteiger partial charge in [-0.3, -0.25) is 0 Å². The van der Waals surface area contributed by atoms with E-state index in [1.54, 1.807) is 12.4 Å². The zero-order valence-electron chi connectivity index (χ0n) is 11.3. The van der Waals surface area contributed by atoms with Crippen molar-refractivity contribution in [3.8, 4) is 0 Å². The highest BCUT2D eigenvalue weighted by atomic mass is 16.5. The molecule has 0 bridgehead atoms. The van der Waals surface area contributed by atoms with Crippen LogP contribution in [0.1, 0.15) is 24.2 Å². The summed E-state index contributed by atoms with van der Waals surface area (Å²) >= 11 is 0. The molecule has 0 aliphatic heterocycles. The van der Waals surface area contributed by atoms with E-state index in [4.69, 9.17) is 4.74 Å². The normalized spacial score (nSPS) is 12.1. The Hall–Kier alpha value is -1.94. The number of nitrogens with one attached hydrogen (secondary N) is 1. The number of ether oxygens (including phenoxy) is 1. The maximum atomic E-state index is 5.76. The van der Waals surface area contributed by atoms with Gasteiger partial charge in [0.05, 0.1) is 6.10 Å². The van der Waals surface area contributed by atoms with Crippen molar-refractivity contribution in [1.82, 2.24) is 9.97 Å². The Morgan fingerprint density at radius 2 is 1.84 bits per heavy atom. The lowest BCUT2D eigenvalue weighted by atomic mass is 10.1. The first-order valence-electron chi connectivity index (χ1n) is 6.48. The molecule has 0 aliphatic rings. The lowest BCUT2D eigenvalue weighted by Crippen LogP contribution is -2.17. The SMILES string of the molecule is CCOC(CNc1ncc(C)cn1)c1ccccc1. The van der Waals surface area contributed by atoms with Gasteiger partial charge < -0.3 is 10.1 Å². The van der Waals surface area contributed by atoms with Gasteiger partial charge in [0.25, 0.3) is 0 Å². The van der Waals surface area contributed by atoms with E-state index in [0.717, 1.165) is 11.1 Å². The molecule has 1 atom stereocenters. The topological polar surface area (TPSA) is 47.0 Å². The van der Waals surface area contributed by atoms with Crippen LogP contribution in [-0.4, -0.2) is 23.1 Å². The van der Waals surface area contributed by atoms with Gasteiger partial charge in [-0.2, -0.15) is 0 Å². The highest BCUT2D eigenvalue weighted by Gasteiger charge is 2.11. The largest absolute Gasteiger partial charge is 0.372 e. The van der Waals surface area contributed by atoms with Gasteiger partial charge in [-0.25, -0.2) is 9.97 Å². The lowest BCUT2D eigenvalue weighted by Gasteiger charge is -2.18. The Bertz CT molecular complexity index is 485. The van der Waals surface area contributed by atoms with Crippen LogP contribution in [0.25, 0.3) is 0 Å². The Morgan fingerprint density at radius 1 is 1.16 bits per heavy atom. The molecule has 1 aromatic carbocycles. The summed E-state index contributed by atoms with van der Waals surface area (Å²) in [6.45, 7) is 5.30. The fraction of sp³-hybridized carbons (Fsp3) is 0.333. The van der Waals surface area contributed by atoms with E-state index in [9.17, 15) is 0 Å². The number of anilines is 1.